The van der Waals surface area contributed by atoms with Crippen molar-refractivity contribution in [2.45, 2.75) is 76.2 Å². The zero-order chi connectivity index (χ0) is 24.8. The largest absolute Gasteiger partial charge is 0.478 e. The Morgan fingerprint density at radius 2 is 1.97 bits per heavy atom. The number of carbonyl (C=O) groups excluding carboxylic acids is 2. The van der Waals surface area contributed by atoms with E-state index in [9.17, 15) is 24.9 Å². The molecule has 4 N–H and O–H groups in total. The second kappa shape index (κ2) is 12.1. The molecule has 10 heteroatoms. The molecule has 1 aromatic heterocycles. The number of pyridine rings is 1. The van der Waals surface area contributed by atoms with Crippen molar-refractivity contribution in [1.82, 2.24) is 4.98 Å². The van der Waals surface area contributed by atoms with Crippen LogP contribution in [0.4, 0.5) is 0 Å². The number of carbonyl (C=O) groups is 2. The standard InChI is InChI=1S/C24H35NO9/c1-13(14(2)27)24-20(34-24)10-19-23(31)22(30)16(12-33-19)8-17(28)9-18(29)15-4-5-21(25-11-15)32-7-3-6-26/h4-5,11,13-14,16,19-20,22-24,26-27,30-31H,3,6-10,12H2,1-2H3/t13-,14-,16-,19-,20-,22+,23-,24-/m0/s1. The molecule has 0 spiro atoms. The highest BCUT2D eigenvalue weighted by molar-refractivity contribution is 6.07. The number of aliphatic hydroxyl groups is 4. The number of ether oxygens (including phenoxy) is 3. The molecule has 34 heavy (non-hydrogen) atoms. The number of hydrogen-bond donors (Lipinski definition) is 4. The van der Waals surface area contributed by atoms with Crippen molar-refractivity contribution in [2.75, 3.05) is 19.8 Å². The monoisotopic (exact) mass is 481 g/mol. The number of hydrogen-bond acceptors (Lipinski definition) is 10. The lowest BCUT2D eigenvalue weighted by Crippen LogP contribution is -2.51. The molecule has 190 valence electrons. The van der Waals surface area contributed by atoms with E-state index in [-0.39, 0.29) is 55.5 Å². The highest BCUT2D eigenvalue weighted by atomic mass is 16.6. The summed E-state index contributed by atoms with van der Waals surface area (Å²) in [7, 11) is 0. The first-order chi connectivity index (χ1) is 16.2. The summed E-state index contributed by atoms with van der Waals surface area (Å²) in [5.74, 6) is -1.08. The highest BCUT2D eigenvalue weighted by Crippen LogP contribution is 2.37. The van der Waals surface area contributed by atoms with E-state index in [1.54, 1.807) is 6.92 Å². The topological polar surface area (TPSA) is 159 Å². The summed E-state index contributed by atoms with van der Waals surface area (Å²) >= 11 is 0. The van der Waals surface area contributed by atoms with Crippen LogP contribution in [0.2, 0.25) is 0 Å². The molecule has 0 unspecified atom stereocenters. The molecule has 0 radical (unpaired) electrons. The average Bonchev–Trinajstić information content (AvgIpc) is 3.58. The predicted molar refractivity (Wildman–Crippen MR) is 119 cm³/mol. The minimum absolute atomic E-state index is 0.00966. The smallest absolute Gasteiger partial charge is 0.213 e. The van der Waals surface area contributed by atoms with Gasteiger partial charge < -0.3 is 34.6 Å². The van der Waals surface area contributed by atoms with Gasteiger partial charge in [0.2, 0.25) is 5.88 Å². The molecule has 0 aromatic carbocycles. The fraction of sp³-hybridized carbons (Fsp3) is 0.708. The summed E-state index contributed by atoms with van der Waals surface area (Å²) < 4.78 is 16.6. The molecule has 3 heterocycles. The maximum Gasteiger partial charge on any atom is 0.213 e. The van der Waals surface area contributed by atoms with E-state index in [2.05, 4.69) is 4.98 Å². The summed E-state index contributed by atoms with van der Waals surface area (Å²) in [5, 5.41) is 39.5. The van der Waals surface area contributed by atoms with Crippen LogP contribution in [0.3, 0.4) is 0 Å². The predicted octanol–water partition coefficient (Wildman–Crippen LogP) is 0.286. The first kappa shape index (κ1) is 26.7. The zero-order valence-electron chi connectivity index (χ0n) is 19.6. The van der Waals surface area contributed by atoms with Crippen LogP contribution in [0.15, 0.2) is 18.3 Å². The van der Waals surface area contributed by atoms with Crippen molar-refractivity contribution < 1.29 is 44.2 Å². The summed E-state index contributed by atoms with van der Waals surface area (Å²) in [6.45, 7) is 4.00. The Kier molecular flexibility index (Phi) is 9.52. The van der Waals surface area contributed by atoms with Gasteiger partial charge in [-0.2, -0.15) is 0 Å². The Hall–Kier alpha value is -1.95. The van der Waals surface area contributed by atoms with Crippen LogP contribution in [0.1, 0.15) is 49.9 Å². The molecule has 0 aliphatic carbocycles. The van der Waals surface area contributed by atoms with Crippen molar-refractivity contribution in [3.63, 3.8) is 0 Å². The molecule has 2 aliphatic rings. The van der Waals surface area contributed by atoms with Crippen molar-refractivity contribution >= 4 is 11.6 Å². The molecule has 0 saturated carbocycles. The van der Waals surface area contributed by atoms with E-state index in [0.717, 1.165) is 0 Å². The maximum absolute atomic E-state index is 12.5. The van der Waals surface area contributed by atoms with Crippen LogP contribution < -0.4 is 4.74 Å². The molecule has 3 rings (SSSR count). The normalized spacial score (nSPS) is 30.4. The summed E-state index contributed by atoms with van der Waals surface area (Å²) in [6, 6.07) is 3.05. The van der Waals surface area contributed by atoms with Crippen LogP contribution in [0.25, 0.3) is 0 Å². The van der Waals surface area contributed by atoms with Crippen LogP contribution in [0, 0.1) is 11.8 Å². The number of ketones is 2. The number of aromatic nitrogens is 1. The van der Waals surface area contributed by atoms with Crippen LogP contribution in [0.5, 0.6) is 5.88 Å². The second-order valence-corrected chi connectivity index (χ2v) is 9.24. The summed E-state index contributed by atoms with van der Waals surface area (Å²) in [5.41, 5.74) is 0.272. The molecule has 2 fully saturated rings. The van der Waals surface area contributed by atoms with E-state index < -0.39 is 36.1 Å². The van der Waals surface area contributed by atoms with Gasteiger partial charge in [0, 0.05) is 55.5 Å². The van der Waals surface area contributed by atoms with Crippen molar-refractivity contribution in [3.8, 4) is 5.88 Å². The fourth-order valence-corrected chi connectivity index (χ4v) is 4.16. The van der Waals surface area contributed by atoms with Gasteiger partial charge in [0.15, 0.2) is 5.78 Å². The Labute approximate surface area is 198 Å². The lowest BCUT2D eigenvalue weighted by molar-refractivity contribution is -0.170. The SMILES string of the molecule is C[C@H]([C@@H]1O[C@H]1C[C@@H]1OC[C@H](CC(=O)CC(=O)c2ccc(OCCCO)nc2)[C@@H](O)[C@H]1O)[C@H](C)O. The van der Waals surface area contributed by atoms with E-state index in [4.69, 9.17) is 19.3 Å². The number of nitrogens with zero attached hydrogens (tertiary/aromatic N) is 1. The molecule has 0 bridgehead atoms. The minimum Gasteiger partial charge on any atom is -0.478 e. The second-order valence-electron chi connectivity index (χ2n) is 9.24. The van der Waals surface area contributed by atoms with E-state index in [0.29, 0.717) is 25.3 Å². The number of Topliss-reactive ketones (excluding diaryl/α,β-unsaturated/α-hetero) is 2. The summed E-state index contributed by atoms with van der Waals surface area (Å²) in [6.07, 6.45) is -1.93. The molecule has 8 atom stereocenters. The third kappa shape index (κ3) is 7.03. The quantitative estimate of drug-likeness (QED) is 0.133. The van der Waals surface area contributed by atoms with Gasteiger partial charge in [-0.1, -0.05) is 6.92 Å². The summed E-state index contributed by atoms with van der Waals surface area (Å²) in [4.78, 5) is 28.9. The first-order valence-corrected chi connectivity index (χ1v) is 11.8. The third-order valence-electron chi connectivity index (χ3n) is 6.56. The van der Waals surface area contributed by atoms with Crippen molar-refractivity contribution in [1.29, 1.82) is 0 Å². The lowest BCUT2D eigenvalue weighted by Gasteiger charge is -2.37. The van der Waals surface area contributed by atoms with E-state index in [1.807, 2.05) is 6.92 Å². The van der Waals surface area contributed by atoms with Crippen molar-refractivity contribution in [2.24, 2.45) is 11.8 Å². The van der Waals surface area contributed by atoms with Crippen molar-refractivity contribution in [3.05, 3.63) is 23.9 Å². The Balaban J connectivity index is 1.43. The van der Waals surface area contributed by atoms with Gasteiger partial charge in [-0.15, -0.1) is 0 Å². The van der Waals surface area contributed by atoms with Crippen LogP contribution in [-0.2, 0) is 14.3 Å². The third-order valence-corrected chi connectivity index (χ3v) is 6.56. The molecule has 2 aliphatic heterocycles. The van der Waals surface area contributed by atoms with Gasteiger partial charge in [-0.3, -0.25) is 9.59 Å². The van der Waals surface area contributed by atoms with Crippen LogP contribution in [-0.4, -0.2) is 93.4 Å². The Morgan fingerprint density at radius 1 is 1.21 bits per heavy atom. The molecule has 10 nitrogen and oxygen atoms in total. The molecular weight excluding hydrogens is 446 g/mol. The Morgan fingerprint density at radius 3 is 2.62 bits per heavy atom. The minimum atomic E-state index is -1.17. The fourth-order valence-electron chi connectivity index (χ4n) is 4.16. The van der Waals surface area contributed by atoms with E-state index in [1.165, 1.54) is 18.3 Å². The van der Waals surface area contributed by atoms with Gasteiger partial charge in [-0.25, -0.2) is 4.98 Å². The van der Waals surface area contributed by atoms with Gasteiger partial charge >= 0.3 is 0 Å². The van der Waals surface area contributed by atoms with Gasteiger partial charge in [-0.05, 0) is 13.0 Å². The number of aliphatic hydroxyl groups excluding tert-OH is 4. The van der Waals surface area contributed by atoms with Crippen LogP contribution >= 0.6 is 0 Å². The first-order valence-electron chi connectivity index (χ1n) is 11.8. The number of epoxide rings is 1. The highest BCUT2D eigenvalue weighted by Gasteiger charge is 2.48. The van der Waals surface area contributed by atoms with Gasteiger partial charge in [0.05, 0.1) is 50.2 Å². The van der Waals surface area contributed by atoms with E-state index >= 15 is 0 Å². The molecule has 2 saturated heterocycles. The number of rotatable bonds is 13. The Bertz CT molecular complexity index is 815. The van der Waals surface area contributed by atoms with Gasteiger partial charge in [0.1, 0.15) is 11.9 Å². The maximum atomic E-state index is 12.5. The lowest BCUT2D eigenvalue weighted by atomic mass is 9.85. The zero-order valence-corrected chi connectivity index (χ0v) is 19.6. The van der Waals surface area contributed by atoms with Gasteiger partial charge in [0.25, 0.3) is 0 Å². The molecule has 1 aromatic rings. The molecular formula is C24H35NO9. The molecule has 0 amide bonds. The average molecular weight is 482 g/mol.